The number of thioether (sulfide) groups is 1. The second-order valence-corrected chi connectivity index (χ2v) is 5.56. The molecule has 1 rings (SSSR count). The highest BCUT2D eigenvalue weighted by Crippen LogP contribution is 2.36. The molecule has 0 atom stereocenters. The molecular formula is C15H25NO3S. The lowest BCUT2D eigenvalue weighted by Gasteiger charge is -2.12. The van der Waals surface area contributed by atoms with Gasteiger partial charge in [-0.15, -0.1) is 0 Å². The van der Waals surface area contributed by atoms with Gasteiger partial charge in [-0.1, -0.05) is 6.42 Å². The Morgan fingerprint density at radius 3 is 2.30 bits per heavy atom. The van der Waals surface area contributed by atoms with E-state index in [2.05, 4.69) is 11.6 Å². The maximum Gasteiger partial charge on any atom is 0.200 e. The van der Waals surface area contributed by atoms with Crippen LogP contribution in [0.4, 0.5) is 0 Å². The third-order valence-electron chi connectivity index (χ3n) is 3.07. The lowest BCUT2D eigenvalue weighted by Crippen LogP contribution is -2.14. The zero-order chi connectivity index (χ0) is 14.8. The molecule has 114 valence electrons. The Labute approximate surface area is 125 Å². The van der Waals surface area contributed by atoms with Gasteiger partial charge in [0, 0.05) is 6.54 Å². The zero-order valence-electron chi connectivity index (χ0n) is 12.6. The van der Waals surface area contributed by atoms with Crippen LogP contribution in [0.25, 0.3) is 0 Å². The molecule has 1 aromatic carbocycles. The molecule has 0 saturated carbocycles. The lowest BCUT2D eigenvalue weighted by molar-refractivity contribution is 0.339. The molecular weight excluding hydrogens is 274 g/mol. The van der Waals surface area contributed by atoms with Gasteiger partial charge in [-0.3, -0.25) is 0 Å². The summed E-state index contributed by atoms with van der Waals surface area (Å²) in [6.07, 6.45) is 5.87. The molecule has 0 aliphatic heterocycles. The Kier molecular flexibility index (Phi) is 8.30. The summed E-state index contributed by atoms with van der Waals surface area (Å²) in [7, 11) is 3.08. The van der Waals surface area contributed by atoms with Gasteiger partial charge in [0.2, 0.25) is 5.75 Å². The number of methoxy groups -OCH3 is 2. The fourth-order valence-corrected chi connectivity index (χ4v) is 2.45. The van der Waals surface area contributed by atoms with Crippen LogP contribution in [0.5, 0.6) is 17.2 Å². The minimum Gasteiger partial charge on any atom is -0.502 e. The molecule has 5 heteroatoms. The predicted octanol–water partition coefficient (Wildman–Crippen LogP) is 3.03. The summed E-state index contributed by atoms with van der Waals surface area (Å²) < 4.78 is 10.3. The van der Waals surface area contributed by atoms with Crippen molar-refractivity contribution in [3.8, 4) is 17.2 Å². The average Bonchev–Trinajstić information content (AvgIpc) is 2.47. The quantitative estimate of drug-likeness (QED) is 0.650. The lowest BCUT2D eigenvalue weighted by atomic mass is 10.1. The number of unbranched alkanes of at least 4 members (excludes halogenated alkanes) is 2. The molecule has 0 fully saturated rings. The fraction of sp³-hybridized carbons (Fsp3) is 0.600. The molecule has 0 amide bonds. The van der Waals surface area contributed by atoms with Gasteiger partial charge < -0.3 is 19.9 Å². The van der Waals surface area contributed by atoms with Crippen molar-refractivity contribution in [1.29, 1.82) is 0 Å². The number of nitrogens with one attached hydrogen (secondary N) is 1. The third kappa shape index (κ3) is 5.51. The summed E-state index contributed by atoms with van der Waals surface area (Å²) in [4.78, 5) is 0. The number of hydrogen-bond acceptors (Lipinski definition) is 5. The van der Waals surface area contributed by atoms with E-state index in [9.17, 15) is 5.11 Å². The standard InChI is InChI=1S/C15H25NO3S/c1-18-13-9-12(10-14(19-2)15(13)17)11-16-7-5-4-6-8-20-3/h9-10,16-17H,4-8,11H2,1-3H3. The van der Waals surface area contributed by atoms with E-state index in [0.717, 1.165) is 18.7 Å². The van der Waals surface area contributed by atoms with Crippen LogP contribution in [0.1, 0.15) is 24.8 Å². The number of benzene rings is 1. The third-order valence-corrected chi connectivity index (χ3v) is 3.77. The first-order valence-electron chi connectivity index (χ1n) is 6.86. The summed E-state index contributed by atoms with van der Waals surface area (Å²) in [6.45, 7) is 1.75. The number of aromatic hydroxyl groups is 1. The van der Waals surface area contributed by atoms with Crippen LogP contribution in [0, 0.1) is 0 Å². The molecule has 0 saturated heterocycles. The van der Waals surface area contributed by atoms with Gasteiger partial charge in [0.1, 0.15) is 0 Å². The second-order valence-electron chi connectivity index (χ2n) is 4.58. The van der Waals surface area contributed by atoms with Crippen molar-refractivity contribution >= 4 is 11.8 Å². The van der Waals surface area contributed by atoms with Crippen LogP contribution in [0.3, 0.4) is 0 Å². The van der Waals surface area contributed by atoms with Gasteiger partial charge in [-0.25, -0.2) is 0 Å². The molecule has 0 spiro atoms. The van der Waals surface area contributed by atoms with Crippen molar-refractivity contribution < 1.29 is 14.6 Å². The molecule has 0 bridgehead atoms. The minimum atomic E-state index is 0.0517. The topological polar surface area (TPSA) is 50.7 Å². The summed E-state index contributed by atoms with van der Waals surface area (Å²) in [5.74, 6) is 2.19. The van der Waals surface area contributed by atoms with E-state index in [0.29, 0.717) is 11.5 Å². The van der Waals surface area contributed by atoms with Gasteiger partial charge in [0.15, 0.2) is 11.5 Å². The van der Waals surface area contributed by atoms with Crippen molar-refractivity contribution in [3.63, 3.8) is 0 Å². The first kappa shape index (κ1) is 17.0. The molecule has 0 aromatic heterocycles. The van der Waals surface area contributed by atoms with Crippen molar-refractivity contribution in [2.45, 2.75) is 25.8 Å². The average molecular weight is 299 g/mol. The number of hydrogen-bond donors (Lipinski definition) is 2. The van der Waals surface area contributed by atoms with E-state index in [4.69, 9.17) is 9.47 Å². The Morgan fingerprint density at radius 2 is 1.75 bits per heavy atom. The molecule has 1 aromatic rings. The van der Waals surface area contributed by atoms with Crippen LogP contribution in [-0.2, 0) is 6.54 Å². The fourth-order valence-electron chi connectivity index (χ4n) is 1.96. The predicted molar refractivity (Wildman–Crippen MR) is 85.2 cm³/mol. The number of phenolic OH excluding ortho intramolecular Hbond substituents is 1. The van der Waals surface area contributed by atoms with Gasteiger partial charge in [0.05, 0.1) is 14.2 Å². The van der Waals surface area contributed by atoms with Crippen molar-refractivity contribution in [2.24, 2.45) is 0 Å². The Balaban J connectivity index is 2.40. The van der Waals surface area contributed by atoms with Crippen LogP contribution >= 0.6 is 11.8 Å². The zero-order valence-corrected chi connectivity index (χ0v) is 13.4. The maximum atomic E-state index is 9.83. The van der Waals surface area contributed by atoms with Crippen LogP contribution in [0.15, 0.2) is 12.1 Å². The number of rotatable bonds is 10. The first-order chi connectivity index (χ1) is 9.72. The largest absolute Gasteiger partial charge is 0.502 e. The van der Waals surface area contributed by atoms with Crippen molar-refractivity contribution in [1.82, 2.24) is 5.32 Å². The molecule has 0 heterocycles. The first-order valence-corrected chi connectivity index (χ1v) is 8.25. The summed E-state index contributed by atoms with van der Waals surface area (Å²) in [5.41, 5.74) is 1.04. The van der Waals surface area contributed by atoms with Gasteiger partial charge in [0.25, 0.3) is 0 Å². The summed E-state index contributed by atoms with van der Waals surface area (Å²) >= 11 is 1.90. The molecule has 2 N–H and O–H groups in total. The number of ether oxygens (including phenoxy) is 2. The monoisotopic (exact) mass is 299 g/mol. The van der Waals surface area contributed by atoms with E-state index >= 15 is 0 Å². The van der Waals surface area contributed by atoms with Crippen molar-refractivity contribution in [3.05, 3.63) is 17.7 Å². The molecule has 0 aliphatic carbocycles. The molecule has 0 unspecified atom stereocenters. The van der Waals surface area contributed by atoms with Crippen LogP contribution in [0.2, 0.25) is 0 Å². The normalized spacial score (nSPS) is 10.6. The van der Waals surface area contributed by atoms with E-state index < -0.39 is 0 Å². The molecule has 4 nitrogen and oxygen atoms in total. The van der Waals surface area contributed by atoms with Crippen LogP contribution < -0.4 is 14.8 Å². The van der Waals surface area contributed by atoms with Crippen LogP contribution in [-0.4, -0.2) is 37.9 Å². The van der Waals surface area contributed by atoms with Gasteiger partial charge >= 0.3 is 0 Å². The van der Waals surface area contributed by atoms with E-state index in [1.165, 1.54) is 39.2 Å². The summed E-state index contributed by atoms with van der Waals surface area (Å²) in [6, 6.07) is 3.66. The van der Waals surface area contributed by atoms with Crippen molar-refractivity contribution in [2.75, 3.05) is 32.8 Å². The van der Waals surface area contributed by atoms with E-state index in [1.807, 2.05) is 23.9 Å². The highest BCUT2D eigenvalue weighted by Gasteiger charge is 2.10. The highest BCUT2D eigenvalue weighted by molar-refractivity contribution is 7.98. The SMILES string of the molecule is COc1cc(CNCCCCCSC)cc(OC)c1O. The number of phenols is 1. The van der Waals surface area contributed by atoms with Gasteiger partial charge in [-0.2, -0.15) is 11.8 Å². The van der Waals surface area contributed by atoms with E-state index in [-0.39, 0.29) is 5.75 Å². The summed E-state index contributed by atoms with van der Waals surface area (Å²) in [5, 5.41) is 13.2. The highest BCUT2D eigenvalue weighted by atomic mass is 32.2. The maximum absolute atomic E-state index is 9.83. The smallest absolute Gasteiger partial charge is 0.200 e. The van der Waals surface area contributed by atoms with Gasteiger partial charge in [-0.05, 0) is 49.1 Å². The Morgan fingerprint density at radius 1 is 1.10 bits per heavy atom. The Bertz CT molecular complexity index is 374. The molecule has 0 aliphatic rings. The molecule has 20 heavy (non-hydrogen) atoms. The van der Waals surface area contributed by atoms with E-state index in [1.54, 1.807) is 0 Å². The Hall–Kier alpha value is -1.07. The minimum absolute atomic E-state index is 0.0517. The molecule has 0 radical (unpaired) electrons. The second kappa shape index (κ2) is 9.77.